The summed E-state index contributed by atoms with van der Waals surface area (Å²) in [5, 5.41) is 2.51. The molecule has 2 aromatic carbocycles. The summed E-state index contributed by atoms with van der Waals surface area (Å²) >= 11 is 5.02. The average molecular weight is 369 g/mol. The molecule has 0 atom stereocenters. The highest BCUT2D eigenvalue weighted by atomic mass is 32.1. The minimum absolute atomic E-state index is 0.00228. The number of carbonyl (C=O) groups is 2. The predicted molar refractivity (Wildman–Crippen MR) is 104 cm³/mol. The van der Waals surface area contributed by atoms with E-state index in [2.05, 4.69) is 22.7 Å². The molecule has 0 heterocycles. The number of ether oxygens (including phenoxy) is 1. The molecule has 7 heteroatoms. The summed E-state index contributed by atoms with van der Waals surface area (Å²) in [4.78, 5) is 24.2. The van der Waals surface area contributed by atoms with E-state index in [4.69, 9.17) is 17.0 Å². The molecule has 0 spiro atoms. The van der Waals surface area contributed by atoms with Crippen molar-refractivity contribution in [2.24, 2.45) is 0 Å². The summed E-state index contributed by atoms with van der Waals surface area (Å²) in [5.74, 6) is -0.109. The monoisotopic (exact) mass is 369 g/mol. The Bertz CT molecular complexity index is 819. The highest BCUT2D eigenvalue weighted by Crippen LogP contribution is 2.12. The molecule has 0 unspecified atom stereocenters. The maximum absolute atomic E-state index is 12.1. The molecule has 0 saturated carbocycles. The summed E-state index contributed by atoms with van der Waals surface area (Å²) in [6, 6.07) is 13.7. The Hall–Kier alpha value is -3.19. The third-order valence-corrected chi connectivity index (χ3v) is 3.59. The van der Waals surface area contributed by atoms with Crippen molar-refractivity contribution in [3.05, 3.63) is 77.9 Å². The lowest BCUT2D eigenvalue weighted by Gasteiger charge is -2.12. The van der Waals surface area contributed by atoms with Crippen LogP contribution in [0.1, 0.15) is 26.3 Å². The number of hydrogen-bond acceptors (Lipinski definition) is 4. The lowest BCUT2D eigenvalue weighted by molar-refractivity contribution is 0.0934. The lowest BCUT2D eigenvalue weighted by atomic mass is 10.1. The highest BCUT2D eigenvalue weighted by Gasteiger charge is 2.11. The summed E-state index contributed by atoms with van der Waals surface area (Å²) in [6.07, 6.45) is 1.64. The molecule has 0 fully saturated rings. The van der Waals surface area contributed by atoms with Crippen molar-refractivity contribution in [3.63, 3.8) is 0 Å². The first kappa shape index (κ1) is 19.1. The third-order valence-electron chi connectivity index (χ3n) is 3.39. The summed E-state index contributed by atoms with van der Waals surface area (Å²) in [6.45, 7) is 5.79. The molecule has 134 valence electrons. The van der Waals surface area contributed by atoms with Crippen molar-refractivity contribution < 1.29 is 14.3 Å². The van der Waals surface area contributed by atoms with E-state index >= 15 is 0 Å². The van der Waals surface area contributed by atoms with Crippen LogP contribution in [-0.2, 0) is 0 Å². The van der Waals surface area contributed by atoms with Crippen molar-refractivity contribution in [2.75, 3.05) is 6.61 Å². The molecule has 0 aromatic heterocycles. The molecular weight excluding hydrogens is 350 g/mol. The zero-order chi connectivity index (χ0) is 18.9. The Morgan fingerprint density at radius 2 is 1.77 bits per heavy atom. The second kappa shape index (κ2) is 9.33. The van der Waals surface area contributed by atoms with Crippen LogP contribution in [0.3, 0.4) is 0 Å². The molecule has 26 heavy (non-hydrogen) atoms. The van der Waals surface area contributed by atoms with Gasteiger partial charge in [-0.2, -0.15) is 0 Å². The number of aryl methyl sites for hydroxylation is 1. The SMILES string of the molecule is C=CCOc1ccc(C(=O)NNC(=S)NC(=O)c2ccccc2C)cc1. The quantitative estimate of drug-likeness (QED) is 0.429. The first-order valence-corrected chi connectivity index (χ1v) is 8.23. The fourth-order valence-corrected chi connectivity index (χ4v) is 2.22. The van der Waals surface area contributed by atoms with E-state index in [1.54, 1.807) is 42.5 Å². The predicted octanol–water partition coefficient (Wildman–Crippen LogP) is 2.51. The van der Waals surface area contributed by atoms with Gasteiger partial charge in [0.25, 0.3) is 11.8 Å². The van der Waals surface area contributed by atoms with Gasteiger partial charge in [0.15, 0.2) is 5.11 Å². The van der Waals surface area contributed by atoms with E-state index in [-0.39, 0.29) is 11.0 Å². The molecule has 0 bridgehead atoms. The van der Waals surface area contributed by atoms with Gasteiger partial charge in [-0.15, -0.1) is 0 Å². The third kappa shape index (κ3) is 5.42. The summed E-state index contributed by atoms with van der Waals surface area (Å²) < 4.78 is 5.35. The zero-order valence-electron chi connectivity index (χ0n) is 14.2. The molecule has 2 rings (SSSR count). The molecule has 2 amide bonds. The van der Waals surface area contributed by atoms with Gasteiger partial charge in [-0.25, -0.2) is 0 Å². The van der Waals surface area contributed by atoms with E-state index in [1.165, 1.54) is 0 Å². The summed E-state index contributed by atoms with van der Waals surface area (Å²) in [7, 11) is 0. The van der Waals surface area contributed by atoms with Gasteiger partial charge < -0.3 is 4.74 Å². The van der Waals surface area contributed by atoms with E-state index in [0.717, 1.165) is 5.56 Å². The fraction of sp³-hybridized carbons (Fsp3) is 0.105. The first-order chi connectivity index (χ1) is 12.5. The van der Waals surface area contributed by atoms with Gasteiger partial charge in [0, 0.05) is 11.1 Å². The lowest BCUT2D eigenvalue weighted by Crippen LogP contribution is -2.48. The standard InChI is InChI=1S/C19H19N3O3S/c1-3-12-25-15-10-8-14(9-11-15)17(23)21-22-19(26)20-18(24)16-7-5-4-6-13(16)2/h3-11H,1,12H2,2H3,(H,21,23)(H2,20,22,24,26). The van der Waals surface area contributed by atoms with Gasteiger partial charge in [-0.05, 0) is 55.0 Å². The van der Waals surface area contributed by atoms with Gasteiger partial charge in [0.2, 0.25) is 0 Å². The Morgan fingerprint density at radius 1 is 1.08 bits per heavy atom. The summed E-state index contributed by atoms with van der Waals surface area (Å²) in [5.41, 5.74) is 6.69. The minimum Gasteiger partial charge on any atom is -0.490 e. The Kier molecular flexibility index (Phi) is 6.87. The van der Waals surface area contributed by atoms with Crippen LogP contribution in [0, 0.1) is 6.92 Å². The molecule has 0 radical (unpaired) electrons. The second-order valence-electron chi connectivity index (χ2n) is 5.30. The Morgan fingerprint density at radius 3 is 2.42 bits per heavy atom. The van der Waals surface area contributed by atoms with E-state index in [9.17, 15) is 9.59 Å². The average Bonchev–Trinajstić information content (AvgIpc) is 2.65. The number of benzene rings is 2. The van der Waals surface area contributed by atoms with Crippen LogP contribution < -0.4 is 20.9 Å². The van der Waals surface area contributed by atoms with Crippen LogP contribution in [-0.4, -0.2) is 23.5 Å². The van der Waals surface area contributed by atoms with Crippen LogP contribution in [0.4, 0.5) is 0 Å². The number of thiocarbonyl (C=S) groups is 1. The van der Waals surface area contributed by atoms with Crippen molar-refractivity contribution in [2.45, 2.75) is 6.92 Å². The molecule has 0 aliphatic heterocycles. The van der Waals surface area contributed by atoms with Crippen LogP contribution in [0.2, 0.25) is 0 Å². The zero-order valence-corrected chi connectivity index (χ0v) is 15.1. The van der Waals surface area contributed by atoms with Gasteiger partial charge in [-0.3, -0.25) is 25.8 Å². The molecule has 2 aromatic rings. The molecule has 3 N–H and O–H groups in total. The van der Waals surface area contributed by atoms with Crippen LogP contribution in [0.15, 0.2) is 61.2 Å². The van der Waals surface area contributed by atoms with Gasteiger partial charge in [-0.1, -0.05) is 30.9 Å². The molecule has 0 aliphatic rings. The van der Waals surface area contributed by atoms with Crippen molar-refractivity contribution >= 4 is 29.1 Å². The maximum atomic E-state index is 12.1. The number of hydrazine groups is 1. The maximum Gasteiger partial charge on any atom is 0.269 e. The highest BCUT2D eigenvalue weighted by molar-refractivity contribution is 7.80. The Balaban J connectivity index is 1.84. The van der Waals surface area contributed by atoms with Crippen LogP contribution in [0.5, 0.6) is 5.75 Å². The molecule has 6 nitrogen and oxygen atoms in total. The van der Waals surface area contributed by atoms with Gasteiger partial charge in [0.05, 0.1) is 0 Å². The molecule has 0 saturated heterocycles. The van der Waals surface area contributed by atoms with E-state index in [1.807, 2.05) is 19.1 Å². The normalized spacial score (nSPS) is 9.73. The van der Waals surface area contributed by atoms with Gasteiger partial charge >= 0.3 is 0 Å². The molecular formula is C19H19N3O3S. The van der Waals surface area contributed by atoms with E-state index in [0.29, 0.717) is 23.5 Å². The second-order valence-corrected chi connectivity index (χ2v) is 5.71. The number of hydrogen-bond donors (Lipinski definition) is 3. The molecule has 0 aliphatic carbocycles. The largest absolute Gasteiger partial charge is 0.490 e. The number of carbonyl (C=O) groups excluding carboxylic acids is 2. The van der Waals surface area contributed by atoms with Crippen LogP contribution in [0.25, 0.3) is 0 Å². The van der Waals surface area contributed by atoms with E-state index < -0.39 is 5.91 Å². The van der Waals surface area contributed by atoms with Crippen molar-refractivity contribution in [1.29, 1.82) is 0 Å². The number of amides is 2. The smallest absolute Gasteiger partial charge is 0.269 e. The van der Waals surface area contributed by atoms with Gasteiger partial charge in [0.1, 0.15) is 12.4 Å². The van der Waals surface area contributed by atoms with Crippen molar-refractivity contribution in [1.82, 2.24) is 16.2 Å². The number of nitrogens with one attached hydrogen (secondary N) is 3. The topological polar surface area (TPSA) is 79.5 Å². The van der Waals surface area contributed by atoms with Crippen molar-refractivity contribution in [3.8, 4) is 5.75 Å². The minimum atomic E-state index is -0.396. The number of rotatable bonds is 5. The van der Waals surface area contributed by atoms with Crippen LogP contribution >= 0.6 is 12.2 Å². The fourth-order valence-electron chi connectivity index (χ4n) is 2.07. The Labute approximate surface area is 157 Å². The first-order valence-electron chi connectivity index (χ1n) is 7.82.